The molecule has 2 aromatic carbocycles. The number of piperidine rings is 1. The van der Waals surface area contributed by atoms with Crippen LogP contribution in [0.3, 0.4) is 0 Å². The molecule has 11 heteroatoms. The first-order chi connectivity index (χ1) is 19.6. The van der Waals surface area contributed by atoms with Crippen LogP contribution in [0.4, 0.5) is 28.9 Å². The maximum absolute atomic E-state index is 14.9. The number of amides is 1. The highest BCUT2D eigenvalue weighted by atomic mass is 19.4. The lowest BCUT2D eigenvalue weighted by atomic mass is 10.0. The van der Waals surface area contributed by atoms with Crippen LogP contribution in [0, 0.1) is 11.8 Å². The summed E-state index contributed by atoms with van der Waals surface area (Å²) in [4.78, 5) is 14.0. The van der Waals surface area contributed by atoms with E-state index >= 15 is 0 Å². The topological polar surface area (TPSA) is 70.6 Å². The first-order valence-corrected chi connectivity index (χ1v) is 13.6. The Balaban J connectivity index is 1.58. The molecule has 220 valence electrons. The average Bonchev–Trinajstić information content (AvgIpc) is 3.32. The number of nitrogens with one attached hydrogen (secondary N) is 3. The highest BCUT2D eigenvalue weighted by Gasteiger charge is 2.30. The lowest BCUT2D eigenvalue weighted by molar-refractivity contribution is -0.136. The van der Waals surface area contributed by atoms with Crippen molar-refractivity contribution < 1.29 is 27.1 Å². The van der Waals surface area contributed by atoms with Crippen molar-refractivity contribution in [2.24, 2.45) is 0 Å². The van der Waals surface area contributed by atoms with Crippen LogP contribution >= 0.6 is 0 Å². The monoisotopic (exact) mass is 573 g/mol. The van der Waals surface area contributed by atoms with E-state index in [0.717, 1.165) is 13.1 Å². The SMILES string of the molecule is CCN1CC[C@H](Nc2cccc3c2cc(C#CCNc2ccc(C(=O)NC)cc2OC)n3CCC(F)(F)F)[C@H](F)C1. The third-order valence-electron chi connectivity index (χ3n) is 7.25. The molecule has 0 radical (unpaired) electrons. The summed E-state index contributed by atoms with van der Waals surface area (Å²) in [5, 5.41) is 9.69. The van der Waals surface area contributed by atoms with Gasteiger partial charge < -0.3 is 30.2 Å². The van der Waals surface area contributed by atoms with E-state index in [-0.39, 0.29) is 25.0 Å². The minimum atomic E-state index is -4.33. The van der Waals surface area contributed by atoms with Crippen molar-refractivity contribution >= 4 is 28.2 Å². The maximum atomic E-state index is 14.9. The van der Waals surface area contributed by atoms with Crippen LogP contribution in [0.15, 0.2) is 42.5 Å². The number of carbonyl (C=O) groups is 1. The van der Waals surface area contributed by atoms with E-state index in [4.69, 9.17) is 4.74 Å². The van der Waals surface area contributed by atoms with Gasteiger partial charge >= 0.3 is 6.18 Å². The smallest absolute Gasteiger partial charge is 0.390 e. The van der Waals surface area contributed by atoms with E-state index in [1.165, 1.54) is 14.2 Å². The van der Waals surface area contributed by atoms with E-state index in [2.05, 4.69) is 32.7 Å². The van der Waals surface area contributed by atoms with Crippen LogP contribution in [-0.4, -0.2) is 74.1 Å². The predicted molar refractivity (Wildman–Crippen MR) is 153 cm³/mol. The second-order valence-corrected chi connectivity index (χ2v) is 9.88. The molecule has 0 unspecified atom stereocenters. The fourth-order valence-corrected chi connectivity index (χ4v) is 5.01. The zero-order valence-corrected chi connectivity index (χ0v) is 23.4. The summed E-state index contributed by atoms with van der Waals surface area (Å²) in [5.74, 6) is 6.20. The standard InChI is InChI=1S/C30H35F4N5O2/c1-4-38-15-12-25(23(31)19-38)37-24-8-5-9-27-22(24)18-21(39(27)16-13-30(32,33)34)7-6-14-36-26-11-10-20(29(40)35-2)17-28(26)41-3/h5,8-11,17-18,23,25,36-37H,4,12-16,19H2,1-3H3,(H,35,40)/t23-,25+/m1/s1. The molecule has 2 atom stereocenters. The van der Waals surface area contributed by atoms with Gasteiger partial charge in [-0.1, -0.05) is 18.9 Å². The van der Waals surface area contributed by atoms with Gasteiger partial charge in [0, 0.05) is 43.3 Å². The summed E-state index contributed by atoms with van der Waals surface area (Å²) >= 11 is 0. The molecular weight excluding hydrogens is 538 g/mol. The summed E-state index contributed by atoms with van der Waals surface area (Å²) in [7, 11) is 3.03. The van der Waals surface area contributed by atoms with Crippen molar-refractivity contribution in [2.45, 2.75) is 44.7 Å². The van der Waals surface area contributed by atoms with Gasteiger partial charge in [0.2, 0.25) is 0 Å². The van der Waals surface area contributed by atoms with Crippen molar-refractivity contribution in [1.82, 2.24) is 14.8 Å². The van der Waals surface area contributed by atoms with Crippen LogP contribution < -0.4 is 20.7 Å². The largest absolute Gasteiger partial charge is 0.495 e. The number of methoxy groups -OCH3 is 1. The Morgan fingerprint density at radius 3 is 2.66 bits per heavy atom. The summed E-state index contributed by atoms with van der Waals surface area (Å²) < 4.78 is 61.4. The Morgan fingerprint density at radius 1 is 1.17 bits per heavy atom. The van der Waals surface area contributed by atoms with E-state index in [1.807, 2.05) is 13.0 Å². The first kappa shape index (κ1) is 30.1. The fraction of sp³-hybridized carbons (Fsp3) is 0.433. The molecule has 1 saturated heterocycles. The molecule has 7 nitrogen and oxygen atoms in total. The summed E-state index contributed by atoms with van der Waals surface area (Å²) in [6.45, 7) is 3.81. The predicted octanol–water partition coefficient (Wildman–Crippen LogP) is 5.27. The Labute approximate surface area is 237 Å². The maximum Gasteiger partial charge on any atom is 0.390 e. The van der Waals surface area contributed by atoms with Crippen molar-refractivity contribution in [2.75, 3.05) is 51.0 Å². The van der Waals surface area contributed by atoms with Gasteiger partial charge in [0.1, 0.15) is 11.9 Å². The van der Waals surface area contributed by atoms with Gasteiger partial charge in [0.25, 0.3) is 5.91 Å². The molecule has 1 fully saturated rings. The molecular formula is C30H35F4N5O2. The van der Waals surface area contributed by atoms with Gasteiger partial charge in [-0.3, -0.25) is 4.79 Å². The normalized spacial score (nSPS) is 17.5. The minimum Gasteiger partial charge on any atom is -0.495 e. The van der Waals surface area contributed by atoms with Crippen LogP contribution in [-0.2, 0) is 6.54 Å². The van der Waals surface area contributed by atoms with Gasteiger partial charge in [0.15, 0.2) is 0 Å². The zero-order valence-electron chi connectivity index (χ0n) is 23.4. The highest BCUT2D eigenvalue weighted by Crippen LogP contribution is 2.31. The van der Waals surface area contributed by atoms with Crippen molar-refractivity contribution in [3.05, 3.63) is 53.7 Å². The quantitative estimate of drug-likeness (QED) is 0.241. The van der Waals surface area contributed by atoms with Gasteiger partial charge in [-0.25, -0.2) is 4.39 Å². The third-order valence-corrected chi connectivity index (χ3v) is 7.25. The molecule has 0 aliphatic carbocycles. The van der Waals surface area contributed by atoms with Crippen LogP contribution in [0.5, 0.6) is 5.75 Å². The molecule has 3 aromatic rings. The Hall–Kier alpha value is -3.91. The number of benzene rings is 2. The van der Waals surface area contributed by atoms with Gasteiger partial charge in [-0.2, -0.15) is 13.2 Å². The van der Waals surface area contributed by atoms with Crippen molar-refractivity contribution in [1.29, 1.82) is 0 Å². The number of aryl methyl sites for hydroxylation is 1. The number of hydrogen-bond acceptors (Lipinski definition) is 5. The molecule has 1 aromatic heterocycles. The number of aromatic nitrogens is 1. The number of hydrogen-bond donors (Lipinski definition) is 3. The fourth-order valence-electron chi connectivity index (χ4n) is 5.01. The molecule has 1 aliphatic rings. The summed E-state index contributed by atoms with van der Waals surface area (Å²) in [5.41, 5.74) is 2.76. The highest BCUT2D eigenvalue weighted by molar-refractivity contribution is 5.95. The first-order valence-electron chi connectivity index (χ1n) is 13.6. The van der Waals surface area contributed by atoms with E-state index < -0.39 is 18.8 Å². The number of anilines is 2. The van der Waals surface area contributed by atoms with Crippen LogP contribution in [0.25, 0.3) is 10.9 Å². The second-order valence-electron chi connectivity index (χ2n) is 9.88. The minimum absolute atomic E-state index is 0.182. The summed E-state index contributed by atoms with van der Waals surface area (Å²) in [6, 6.07) is 11.7. The Bertz CT molecular complexity index is 1430. The molecule has 1 amide bonds. The van der Waals surface area contributed by atoms with Crippen LogP contribution in [0.1, 0.15) is 35.8 Å². The zero-order chi connectivity index (χ0) is 29.6. The Morgan fingerprint density at radius 2 is 1.98 bits per heavy atom. The van der Waals surface area contributed by atoms with Crippen molar-refractivity contribution in [3.8, 4) is 17.6 Å². The molecule has 3 N–H and O–H groups in total. The molecule has 0 spiro atoms. The molecule has 4 rings (SSSR count). The van der Waals surface area contributed by atoms with Crippen LogP contribution in [0.2, 0.25) is 0 Å². The van der Waals surface area contributed by atoms with E-state index in [9.17, 15) is 22.4 Å². The number of rotatable bonds is 9. The molecule has 0 bridgehead atoms. The summed E-state index contributed by atoms with van der Waals surface area (Å²) in [6.07, 6.45) is -5.76. The van der Waals surface area contributed by atoms with Gasteiger partial charge in [0.05, 0.1) is 43.0 Å². The number of likely N-dealkylation sites (tertiary alicyclic amines) is 1. The second kappa shape index (κ2) is 13.2. The number of ether oxygens (including phenoxy) is 1. The lowest BCUT2D eigenvalue weighted by Gasteiger charge is -2.35. The van der Waals surface area contributed by atoms with Crippen molar-refractivity contribution in [3.63, 3.8) is 0 Å². The number of nitrogens with zero attached hydrogens (tertiary/aromatic N) is 2. The average molecular weight is 574 g/mol. The van der Waals surface area contributed by atoms with E-state index in [1.54, 1.807) is 41.0 Å². The number of halogens is 4. The molecule has 0 saturated carbocycles. The molecule has 2 heterocycles. The Kier molecular flexibility index (Phi) is 9.65. The van der Waals surface area contributed by atoms with E-state index in [0.29, 0.717) is 52.3 Å². The third kappa shape index (κ3) is 7.44. The number of alkyl halides is 4. The number of carbonyl (C=O) groups excluding carboxylic acids is 1. The van der Waals surface area contributed by atoms with Gasteiger partial charge in [-0.15, -0.1) is 0 Å². The van der Waals surface area contributed by atoms with Gasteiger partial charge in [-0.05, 0) is 55.3 Å². The molecule has 41 heavy (non-hydrogen) atoms. The number of fused-ring (bicyclic) bond motifs is 1. The molecule has 1 aliphatic heterocycles. The lowest BCUT2D eigenvalue weighted by Crippen LogP contribution is -2.47.